The molecule has 0 unspecified atom stereocenters. The van der Waals surface area contributed by atoms with Crippen molar-refractivity contribution in [3.63, 3.8) is 0 Å². The van der Waals surface area contributed by atoms with E-state index >= 15 is 0 Å². The van der Waals surface area contributed by atoms with Crippen LogP contribution in [0.25, 0.3) is 0 Å². The Morgan fingerprint density at radius 1 is 0.970 bits per heavy atom. The van der Waals surface area contributed by atoms with E-state index in [0.29, 0.717) is 54.9 Å². The Labute approximate surface area is 196 Å². The number of nitrogens with one attached hydrogen (secondary N) is 1. The third kappa shape index (κ3) is 5.59. The topological polar surface area (TPSA) is 77.1 Å². The molecular weight excluding hydrogens is 420 g/mol. The minimum atomic E-state index is -0.294. The van der Waals surface area contributed by atoms with Crippen LogP contribution in [0, 0.1) is 5.92 Å². The average molecular weight is 455 g/mol. The molecular formula is C26H34N2O5. The van der Waals surface area contributed by atoms with E-state index in [-0.39, 0.29) is 17.7 Å². The summed E-state index contributed by atoms with van der Waals surface area (Å²) in [6.07, 6.45) is 1.85. The van der Waals surface area contributed by atoms with Crippen molar-refractivity contribution in [2.24, 2.45) is 5.92 Å². The van der Waals surface area contributed by atoms with Crippen molar-refractivity contribution in [1.29, 1.82) is 0 Å². The summed E-state index contributed by atoms with van der Waals surface area (Å²) in [5.41, 5.74) is 3.02. The first-order valence-electron chi connectivity index (χ1n) is 11.7. The van der Waals surface area contributed by atoms with E-state index < -0.39 is 0 Å². The molecule has 0 radical (unpaired) electrons. The van der Waals surface area contributed by atoms with Gasteiger partial charge in [-0.3, -0.25) is 9.59 Å². The maximum Gasteiger partial charge on any atom is 0.255 e. The number of carbonyl (C=O) groups is 2. The monoisotopic (exact) mass is 454 g/mol. The van der Waals surface area contributed by atoms with E-state index in [1.54, 1.807) is 12.1 Å². The smallest absolute Gasteiger partial charge is 0.255 e. The lowest BCUT2D eigenvalue weighted by atomic mass is 9.99. The van der Waals surface area contributed by atoms with Crippen molar-refractivity contribution in [3.05, 3.63) is 41.5 Å². The van der Waals surface area contributed by atoms with Gasteiger partial charge in [0.15, 0.2) is 11.5 Å². The van der Waals surface area contributed by atoms with Gasteiger partial charge in [-0.1, -0.05) is 19.9 Å². The zero-order chi connectivity index (χ0) is 24.0. The quantitative estimate of drug-likeness (QED) is 0.572. The standard InChI is InChI=1S/C26H34N2O5/c1-6-31-22-14-19(15-23(32-7-2)24(22)33-8-3)25(29)27-20-12-11-18-10-9-13-28(21(18)16-20)26(30)17(4)5/h11-12,14-17H,6-10,13H2,1-5H3,(H,27,29). The van der Waals surface area contributed by atoms with Gasteiger partial charge in [-0.05, 0) is 63.4 Å². The van der Waals surface area contributed by atoms with E-state index in [0.717, 1.165) is 24.1 Å². The maximum absolute atomic E-state index is 13.1. The van der Waals surface area contributed by atoms with Gasteiger partial charge in [0.25, 0.3) is 5.91 Å². The third-order valence-corrected chi connectivity index (χ3v) is 5.39. The normalized spacial score (nSPS) is 12.8. The molecule has 0 bridgehead atoms. The zero-order valence-corrected chi connectivity index (χ0v) is 20.2. The number of nitrogens with zero attached hydrogens (tertiary/aromatic N) is 1. The molecule has 7 nitrogen and oxygen atoms in total. The van der Waals surface area contributed by atoms with Crippen LogP contribution in [0.5, 0.6) is 17.2 Å². The highest BCUT2D eigenvalue weighted by Crippen LogP contribution is 2.39. The molecule has 0 aromatic heterocycles. The summed E-state index contributed by atoms with van der Waals surface area (Å²) in [7, 11) is 0. The van der Waals surface area contributed by atoms with Crippen LogP contribution < -0.4 is 24.4 Å². The van der Waals surface area contributed by atoms with Crippen molar-refractivity contribution < 1.29 is 23.8 Å². The summed E-state index contributed by atoms with van der Waals surface area (Å²) in [6.45, 7) is 11.4. The first kappa shape index (κ1) is 24.4. The summed E-state index contributed by atoms with van der Waals surface area (Å²) >= 11 is 0. The first-order chi connectivity index (χ1) is 15.9. The molecule has 1 aliphatic heterocycles. The van der Waals surface area contributed by atoms with Crippen LogP contribution in [0.4, 0.5) is 11.4 Å². The summed E-state index contributed by atoms with van der Waals surface area (Å²) in [6, 6.07) is 9.08. The second-order valence-corrected chi connectivity index (χ2v) is 8.15. The summed E-state index contributed by atoms with van der Waals surface area (Å²) < 4.78 is 17.2. The van der Waals surface area contributed by atoms with Crippen LogP contribution in [0.3, 0.4) is 0 Å². The SMILES string of the molecule is CCOc1cc(C(=O)Nc2ccc3c(c2)N(C(=O)C(C)C)CCC3)cc(OCC)c1OCC. The summed E-state index contributed by atoms with van der Waals surface area (Å²) in [5.74, 6) is 1.14. The highest BCUT2D eigenvalue weighted by molar-refractivity contribution is 6.06. The highest BCUT2D eigenvalue weighted by atomic mass is 16.5. The molecule has 0 atom stereocenters. The molecule has 0 aliphatic carbocycles. The lowest BCUT2D eigenvalue weighted by Crippen LogP contribution is -2.38. The van der Waals surface area contributed by atoms with Crippen LogP contribution in [-0.2, 0) is 11.2 Å². The van der Waals surface area contributed by atoms with Crippen LogP contribution >= 0.6 is 0 Å². The van der Waals surface area contributed by atoms with Gasteiger partial charge in [0.2, 0.25) is 11.7 Å². The van der Waals surface area contributed by atoms with Gasteiger partial charge in [-0.25, -0.2) is 0 Å². The van der Waals surface area contributed by atoms with E-state index in [1.165, 1.54) is 0 Å². The summed E-state index contributed by atoms with van der Waals surface area (Å²) in [4.78, 5) is 27.7. The van der Waals surface area contributed by atoms with E-state index in [9.17, 15) is 9.59 Å². The number of benzene rings is 2. The molecule has 33 heavy (non-hydrogen) atoms. The van der Waals surface area contributed by atoms with Gasteiger partial charge in [0.05, 0.1) is 19.8 Å². The summed E-state index contributed by atoms with van der Waals surface area (Å²) in [5, 5.41) is 2.96. The van der Waals surface area contributed by atoms with Crippen LogP contribution in [0.15, 0.2) is 30.3 Å². The molecule has 0 saturated carbocycles. The van der Waals surface area contributed by atoms with Gasteiger partial charge in [0, 0.05) is 29.4 Å². The lowest BCUT2D eigenvalue weighted by Gasteiger charge is -2.31. The Morgan fingerprint density at radius 3 is 2.18 bits per heavy atom. The van der Waals surface area contributed by atoms with Gasteiger partial charge in [0.1, 0.15) is 0 Å². The Hall–Kier alpha value is -3.22. The average Bonchev–Trinajstić information content (AvgIpc) is 2.80. The molecule has 0 spiro atoms. The van der Waals surface area contributed by atoms with Gasteiger partial charge < -0.3 is 24.4 Å². The number of hydrogen-bond donors (Lipinski definition) is 1. The maximum atomic E-state index is 13.1. The Bertz CT molecular complexity index is 975. The molecule has 1 heterocycles. The van der Waals surface area contributed by atoms with Gasteiger partial charge >= 0.3 is 0 Å². The van der Waals surface area contributed by atoms with Gasteiger partial charge in [-0.15, -0.1) is 0 Å². The fourth-order valence-corrected chi connectivity index (χ4v) is 3.92. The third-order valence-electron chi connectivity index (χ3n) is 5.39. The van der Waals surface area contributed by atoms with E-state index in [1.807, 2.05) is 57.7 Å². The number of amides is 2. The molecule has 2 aromatic rings. The number of ether oxygens (including phenoxy) is 3. The minimum Gasteiger partial charge on any atom is -0.490 e. The van der Waals surface area contributed by atoms with Crippen molar-refractivity contribution in [2.45, 2.75) is 47.5 Å². The van der Waals surface area contributed by atoms with Crippen molar-refractivity contribution in [3.8, 4) is 17.2 Å². The molecule has 2 amide bonds. The Morgan fingerprint density at radius 2 is 1.61 bits per heavy atom. The van der Waals surface area contributed by atoms with Gasteiger partial charge in [-0.2, -0.15) is 0 Å². The van der Waals surface area contributed by atoms with Crippen molar-refractivity contribution in [2.75, 3.05) is 36.6 Å². The van der Waals surface area contributed by atoms with Crippen LogP contribution in [0.2, 0.25) is 0 Å². The molecule has 1 aliphatic rings. The highest BCUT2D eigenvalue weighted by Gasteiger charge is 2.25. The minimum absolute atomic E-state index is 0.0907. The number of rotatable bonds is 9. The second kappa shape index (κ2) is 11.1. The molecule has 0 fully saturated rings. The molecule has 2 aromatic carbocycles. The number of fused-ring (bicyclic) bond motifs is 1. The van der Waals surface area contributed by atoms with Crippen molar-refractivity contribution >= 4 is 23.2 Å². The largest absolute Gasteiger partial charge is 0.490 e. The first-order valence-corrected chi connectivity index (χ1v) is 11.7. The predicted molar refractivity (Wildman–Crippen MR) is 130 cm³/mol. The number of hydrogen-bond acceptors (Lipinski definition) is 5. The zero-order valence-electron chi connectivity index (χ0n) is 20.2. The van der Waals surface area contributed by atoms with Crippen LogP contribution in [0.1, 0.15) is 57.0 Å². The number of carbonyl (C=O) groups excluding carboxylic acids is 2. The number of aryl methyl sites for hydroxylation is 1. The Kier molecular flexibility index (Phi) is 8.20. The Balaban J connectivity index is 1.91. The molecule has 1 N–H and O–H groups in total. The van der Waals surface area contributed by atoms with E-state index in [4.69, 9.17) is 14.2 Å². The van der Waals surface area contributed by atoms with E-state index in [2.05, 4.69) is 5.32 Å². The molecule has 7 heteroatoms. The number of anilines is 2. The fraction of sp³-hybridized carbons (Fsp3) is 0.462. The fourth-order valence-electron chi connectivity index (χ4n) is 3.92. The predicted octanol–water partition coefficient (Wildman–Crippen LogP) is 5.07. The molecule has 3 rings (SSSR count). The molecule has 0 saturated heterocycles. The van der Waals surface area contributed by atoms with Crippen LogP contribution in [-0.4, -0.2) is 38.2 Å². The lowest BCUT2D eigenvalue weighted by molar-refractivity contribution is -0.121. The second-order valence-electron chi connectivity index (χ2n) is 8.15. The van der Waals surface area contributed by atoms with Crippen molar-refractivity contribution in [1.82, 2.24) is 0 Å². The molecule has 178 valence electrons.